The first-order valence-electron chi connectivity index (χ1n) is 8.99. The van der Waals surface area contributed by atoms with Crippen molar-refractivity contribution in [1.29, 1.82) is 0 Å². The second-order valence-corrected chi connectivity index (χ2v) is 8.00. The Morgan fingerprint density at radius 3 is 2.21 bits per heavy atom. The summed E-state index contributed by atoms with van der Waals surface area (Å²) >= 11 is 0. The molecule has 0 spiro atoms. The summed E-state index contributed by atoms with van der Waals surface area (Å²) in [4.78, 5) is 11.8. The maximum Gasteiger partial charge on any atom is 0.411 e. The van der Waals surface area contributed by atoms with Gasteiger partial charge < -0.3 is 9.47 Å². The molecule has 0 aliphatic carbocycles. The lowest BCUT2D eigenvalue weighted by atomic mass is 10.1. The Bertz CT molecular complexity index is 948. The van der Waals surface area contributed by atoms with Gasteiger partial charge in [-0.3, -0.25) is 10.0 Å². The monoisotopic (exact) mass is 406 g/mol. The molecule has 2 rings (SSSR count). The van der Waals surface area contributed by atoms with Crippen LogP contribution in [0.3, 0.4) is 0 Å². The van der Waals surface area contributed by atoms with E-state index in [1.807, 2.05) is 32.9 Å². The van der Waals surface area contributed by atoms with Gasteiger partial charge in [-0.25, -0.2) is 13.2 Å². The fourth-order valence-corrected chi connectivity index (χ4v) is 4.10. The molecule has 0 aromatic heterocycles. The topological polar surface area (TPSA) is 93.7 Å². The van der Waals surface area contributed by atoms with Crippen molar-refractivity contribution in [2.24, 2.45) is 0 Å². The zero-order chi connectivity index (χ0) is 20.9. The number of sulfonamides is 1. The number of carbonyl (C=O) groups is 1. The lowest BCUT2D eigenvalue weighted by Crippen LogP contribution is -2.17. The molecule has 0 atom stereocenters. The van der Waals surface area contributed by atoms with Crippen molar-refractivity contribution in [3.63, 3.8) is 0 Å². The SMILES string of the molecule is CCOC(=O)Nc1cc(S(=O)(=O)Nc2c(C)cc(C)cc2C)ccc1OCC. The van der Waals surface area contributed by atoms with E-state index < -0.39 is 16.1 Å². The number of carbonyl (C=O) groups excluding carboxylic acids is 1. The number of rotatable bonds is 7. The van der Waals surface area contributed by atoms with Crippen LogP contribution in [0, 0.1) is 20.8 Å². The second-order valence-electron chi connectivity index (χ2n) is 6.32. The number of hydrogen-bond acceptors (Lipinski definition) is 5. The summed E-state index contributed by atoms with van der Waals surface area (Å²) in [5, 5.41) is 2.52. The molecule has 0 aliphatic rings. The van der Waals surface area contributed by atoms with Gasteiger partial charge in [0.15, 0.2) is 0 Å². The van der Waals surface area contributed by atoms with E-state index in [9.17, 15) is 13.2 Å². The zero-order valence-corrected chi connectivity index (χ0v) is 17.6. The fraction of sp³-hybridized carbons (Fsp3) is 0.350. The van der Waals surface area contributed by atoms with E-state index in [1.54, 1.807) is 13.8 Å². The molecule has 2 N–H and O–H groups in total. The normalized spacial score (nSPS) is 11.0. The molecule has 8 heteroatoms. The Balaban J connectivity index is 2.41. The van der Waals surface area contributed by atoms with Crippen LogP contribution < -0.4 is 14.8 Å². The molecule has 0 aliphatic heterocycles. The van der Waals surface area contributed by atoms with Gasteiger partial charge >= 0.3 is 6.09 Å². The summed E-state index contributed by atoms with van der Waals surface area (Å²) in [6.45, 7) is 9.69. The van der Waals surface area contributed by atoms with Crippen molar-refractivity contribution in [2.75, 3.05) is 23.3 Å². The summed E-state index contributed by atoms with van der Waals surface area (Å²) in [5.41, 5.74) is 3.48. The number of nitrogens with one attached hydrogen (secondary N) is 2. The molecular weight excluding hydrogens is 380 g/mol. The van der Waals surface area contributed by atoms with Gasteiger partial charge in [0.1, 0.15) is 5.75 Å². The van der Waals surface area contributed by atoms with Crippen molar-refractivity contribution in [1.82, 2.24) is 0 Å². The van der Waals surface area contributed by atoms with Gasteiger partial charge in [0, 0.05) is 0 Å². The van der Waals surface area contributed by atoms with Gasteiger partial charge in [-0.15, -0.1) is 0 Å². The molecule has 0 fully saturated rings. The molecule has 0 radical (unpaired) electrons. The van der Waals surface area contributed by atoms with E-state index >= 15 is 0 Å². The number of ether oxygens (including phenoxy) is 2. The predicted molar refractivity (Wildman–Crippen MR) is 110 cm³/mol. The Labute approximate surface area is 166 Å². The van der Waals surface area contributed by atoms with Crippen LogP contribution in [0.5, 0.6) is 5.75 Å². The number of aryl methyl sites for hydroxylation is 3. The van der Waals surface area contributed by atoms with Crippen LogP contribution >= 0.6 is 0 Å². The minimum atomic E-state index is -3.87. The van der Waals surface area contributed by atoms with Crippen LogP contribution in [-0.4, -0.2) is 27.7 Å². The standard InChI is InChI=1S/C20H26N2O5S/c1-6-26-18-9-8-16(12-17(18)21-20(23)27-7-2)28(24,25)22-19-14(4)10-13(3)11-15(19)5/h8-12,22H,6-7H2,1-5H3,(H,21,23). The molecule has 0 bridgehead atoms. The van der Waals surface area contributed by atoms with E-state index in [0.717, 1.165) is 16.7 Å². The molecule has 2 aromatic carbocycles. The average molecular weight is 407 g/mol. The Kier molecular flexibility index (Phi) is 6.90. The molecule has 7 nitrogen and oxygen atoms in total. The molecule has 152 valence electrons. The highest BCUT2D eigenvalue weighted by molar-refractivity contribution is 7.92. The molecule has 0 heterocycles. The van der Waals surface area contributed by atoms with Crippen molar-refractivity contribution < 1.29 is 22.7 Å². The molecule has 0 unspecified atom stereocenters. The summed E-state index contributed by atoms with van der Waals surface area (Å²) < 4.78 is 38.8. The summed E-state index contributed by atoms with van der Waals surface area (Å²) in [5.74, 6) is 0.359. The molecule has 0 saturated carbocycles. The van der Waals surface area contributed by atoms with Crippen LogP contribution in [0.1, 0.15) is 30.5 Å². The highest BCUT2D eigenvalue weighted by Gasteiger charge is 2.20. The zero-order valence-electron chi connectivity index (χ0n) is 16.8. The molecule has 0 saturated heterocycles. The van der Waals surface area contributed by atoms with E-state index in [4.69, 9.17) is 9.47 Å². The van der Waals surface area contributed by atoms with E-state index in [2.05, 4.69) is 10.0 Å². The van der Waals surface area contributed by atoms with Crippen LogP contribution in [-0.2, 0) is 14.8 Å². The van der Waals surface area contributed by atoms with Crippen molar-refractivity contribution in [3.05, 3.63) is 47.0 Å². The number of benzene rings is 2. The van der Waals surface area contributed by atoms with Crippen LogP contribution in [0.15, 0.2) is 35.2 Å². The van der Waals surface area contributed by atoms with Gasteiger partial charge in [-0.1, -0.05) is 17.7 Å². The van der Waals surface area contributed by atoms with Crippen molar-refractivity contribution in [2.45, 2.75) is 39.5 Å². The van der Waals surface area contributed by atoms with Crippen LogP contribution in [0.2, 0.25) is 0 Å². The highest BCUT2D eigenvalue weighted by Crippen LogP contribution is 2.30. The highest BCUT2D eigenvalue weighted by atomic mass is 32.2. The van der Waals surface area contributed by atoms with Gasteiger partial charge in [0.2, 0.25) is 0 Å². The molecule has 2 aromatic rings. The first-order valence-corrected chi connectivity index (χ1v) is 10.5. The minimum absolute atomic E-state index is 0.00197. The first-order chi connectivity index (χ1) is 13.2. The smallest absolute Gasteiger partial charge is 0.411 e. The van der Waals surface area contributed by atoms with Gasteiger partial charge in [0.05, 0.1) is 29.5 Å². The summed E-state index contributed by atoms with van der Waals surface area (Å²) in [7, 11) is -3.87. The lowest BCUT2D eigenvalue weighted by molar-refractivity contribution is 0.167. The maximum atomic E-state index is 12.9. The molecule has 28 heavy (non-hydrogen) atoms. The van der Waals surface area contributed by atoms with E-state index in [-0.39, 0.29) is 17.2 Å². The Hall–Kier alpha value is -2.74. The largest absolute Gasteiger partial charge is 0.492 e. The van der Waals surface area contributed by atoms with Crippen LogP contribution in [0.25, 0.3) is 0 Å². The van der Waals surface area contributed by atoms with Gasteiger partial charge in [0.25, 0.3) is 10.0 Å². The third-order valence-electron chi connectivity index (χ3n) is 3.99. The predicted octanol–water partition coefficient (Wildman–Crippen LogP) is 4.38. The average Bonchev–Trinajstić information content (AvgIpc) is 2.60. The van der Waals surface area contributed by atoms with Gasteiger partial charge in [-0.2, -0.15) is 0 Å². The molecule has 1 amide bonds. The molecular formula is C20H26N2O5S. The number of amides is 1. The summed E-state index contributed by atoms with van der Waals surface area (Å²) in [6, 6.07) is 8.12. The Morgan fingerprint density at radius 1 is 1.00 bits per heavy atom. The Morgan fingerprint density at radius 2 is 1.64 bits per heavy atom. The maximum absolute atomic E-state index is 12.9. The van der Waals surface area contributed by atoms with Crippen molar-refractivity contribution >= 4 is 27.5 Å². The summed E-state index contributed by atoms with van der Waals surface area (Å²) in [6.07, 6.45) is -0.684. The van der Waals surface area contributed by atoms with Crippen LogP contribution in [0.4, 0.5) is 16.2 Å². The lowest BCUT2D eigenvalue weighted by Gasteiger charge is -2.16. The van der Waals surface area contributed by atoms with Crippen molar-refractivity contribution in [3.8, 4) is 5.75 Å². The second kappa shape index (κ2) is 8.97. The fourth-order valence-electron chi connectivity index (χ4n) is 2.87. The third kappa shape index (κ3) is 5.16. The number of anilines is 2. The number of hydrogen-bond donors (Lipinski definition) is 2. The van der Waals surface area contributed by atoms with Gasteiger partial charge in [-0.05, 0) is 63.9 Å². The first kappa shape index (κ1) is 21.6. The van der Waals surface area contributed by atoms with E-state index in [1.165, 1.54) is 18.2 Å². The van der Waals surface area contributed by atoms with E-state index in [0.29, 0.717) is 18.0 Å². The minimum Gasteiger partial charge on any atom is -0.492 e. The third-order valence-corrected chi connectivity index (χ3v) is 5.33. The quantitative estimate of drug-likeness (QED) is 0.712.